The second kappa shape index (κ2) is 5.26. The molecule has 130 valence electrons. The monoisotopic (exact) mass is 388 g/mol. The van der Waals surface area contributed by atoms with Crippen LogP contribution in [0.3, 0.4) is 0 Å². The topological polar surface area (TPSA) is 27.1 Å². The van der Waals surface area contributed by atoms with E-state index in [9.17, 15) is 0 Å². The fraction of sp³-hybridized carbons (Fsp3) is 0.0455. The molecule has 0 bridgehead atoms. The predicted molar refractivity (Wildman–Crippen MR) is 113 cm³/mol. The van der Waals surface area contributed by atoms with Gasteiger partial charge in [0.05, 0.1) is 22.9 Å². The lowest BCUT2D eigenvalue weighted by molar-refractivity contribution is 0.161. The normalized spacial score (nSPS) is 18.3. The number of thiol groups is 1. The van der Waals surface area contributed by atoms with E-state index in [1.807, 2.05) is 28.8 Å². The molecule has 0 saturated heterocycles. The lowest BCUT2D eigenvalue weighted by atomic mass is 9.94. The van der Waals surface area contributed by atoms with Gasteiger partial charge in [-0.25, -0.2) is 9.27 Å². The van der Waals surface area contributed by atoms with Crippen molar-refractivity contribution in [3.8, 4) is 11.4 Å². The summed E-state index contributed by atoms with van der Waals surface area (Å²) in [6, 6.07) is 24.8. The molecular formula is C22H13ClN2OS. The van der Waals surface area contributed by atoms with E-state index < -0.39 is 5.06 Å². The van der Waals surface area contributed by atoms with Crippen molar-refractivity contribution in [3.63, 3.8) is 0 Å². The average Bonchev–Trinajstić information content (AvgIpc) is 3.09. The van der Waals surface area contributed by atoms with Gasteiger partial charge in [0, 0.05) is 16.5 Å². The van der Waals surface area contributed by atoms with E-state index in [0.717, 1.165) is 49.5 Å². The molecule has 27 heavy (non-hydrogen) atoms. The van der Waals surface area contributed by atoms with Gasteiger partial charge in [0.15, 0.2) is 0 Å². The van der Waals surface area contributed by atoms with E-state index in [2.05, 4.69) is 48.5 Å². The minimum Gasteiger partial charge on any atom is -0.281 e. The van der Waals surface area contributed by atoms with Crippen molar-refractivity contribution in [2.45, 2.75) is 5.06 Å². The van der Waals surface area contributed by atoms with Gasteiger partial charge in [-0.3, -0.25) is 4.57 Å². The van der Waals surface area contributed by atoms with Gasteiger partial charge in [-0.05, 0) is 28.3 Å². The molecule has 4 aromatic carbocycles. The smallest absolute Gasteiger partial charge is 0.238 e. The van der Waals surface area contributed by atoms with Gasteiger partial charge < -0.3 is 0 Å². The number of fused-ring (bicyclic) bond motifs is 5. The summed E-state index contributed by atoms with van der Waals surface area (Å²) in [6.45, 7) is 0. The molecule has 1 atom stereocenters. The molecule has 0 spiro atoms. The average molecular weight is 389 g/mol. The van der Waals surface area contributed by atoms with Crippen molar-refractivity contribution < 1.29 is 4.29 Å². The number of aromatic nitrogens is 2. The quantitative estimate of drug-likeness (QED) is 0.278. The van der Waals surface area contributed by atoms with Crippen LogP contribution in [0.4, 0.5) is 0 Å². The number of rotatable bonds is 1. The first kappa shape index (κ1) is 15.5. The Balaban J connectivity index is 1.85. The molecule has 0 fully saturated rings. The van der Waals surface area contributed by atoms with Crippen LogP contribution in [0.2, 0.25) is 0 Å². The lowest BCUT2D eigenvalue weighted by Gasteiger charge is -2.34. The van der Waals surface area contributed by atoms with Crippen LogP contribution in [0.1, 0.15) is 5.56 Å². The summed E-state index contributed by atoms with van der Waals surface area (Å²) in [6.07, 6.45) is 0. The third-order valence-electron chi connectivity index (χ3n) is 5.43. The van der Waals surface area contributed by atoms with Crippen molar-refractivity contribution in [2.24, 2.45) is 0 Å². The zero-order valence-corrected chi connectivity index (χ0v) is 15.7. The van der Waals surface area contributed by atoms with Crippen LogP contribution < -0.4 is 0 Å². The summed E-state index contributed by atoms with van der Waals surface area (Å²) in [5.41, 5.74) is 3.79. The molecule has 1 aromatic heterocycles. The van der Waals surface area contributed by atoms with E-state index in [-0.39, 0.29) is 0 Å². The summed E-state index contributed by atoms with van der Waals surface area (Å²) in [5, 5.41) is 3.31. The number of hydrogen-bond donors (Lipinski definition) is 1. The van der Waals surface area contributed by atoms with Crippen LogP contribution >= 0.6 is 24.5 Å². The first-order valence-corrected chi connectivity index (χ1v) is 9.43. The highest BCUT2D eigenvalue weighted by atomic mass is 35.5. The summed E-state index contributed by atoms with van der Waals surface area (Å²) in [4.78, 5) is 4.95. The zero-order valence-electron chi connectivity index (χ0n) is 14.1. The van der Waals surface area contributed by atoms with Crippen LogP contribution in [-0.4, -0.2) is 9.55 Å². The molecule has 5 aromatic rings. The molecule has 1 unspecified atom stereocenters. The molecule has 3 nitrogen and oxygen atoms in total. The standard InChI is InChI=1S/C22H13ClN2OS/c23-26-22(27)17-10-4-8-13-7-3-9-16(20(13)17)21-24-18-11-14-5-1-2-6-15(14)12-19(18)25(21)22/h1-12,27H. The number of halogens is 1. The Labute approximate surface area is 165 Å². The Kier molecular flexibility index (Phi) is 3.02. The Hall–Kier alpha value is -2.53. The number of hydrogen-bond acceptors (Lipinski definition) is 3. The summed E-state index contributed by atoms with van der Waals surface area (Å²) in [7, 11) is 0. The fourth-order valence-electron chi connectivity index (χ4n) is 4.25. The third-order valence-corrected chi connectivity index (χ3v) is 6.29. The molecular weight excluding hydrogens is 376 g/mol. The van der Waals surface area contributed by atoms with Crippen molar-refractivity contribution in [2.75, 3.05) is 0 Å². The molecule has 5 heteroatoms. The van der Waals surface area contributed by atoms with Crippen molar-refractivity contribution >= 4 is 57.1 Å². The van der Waals surface area contributed by atoms with E-state index in [4.69, 9.17) is 33.8 Å². The second-order valence-electron chi connectivity index (χ2n) is 6.85. The van der Waals surface area contributed by atoms with Crippen molar-refractivity contribution in [3.05, 3.63) is 78.4 Å². The van der Waals surface area contributed by atoms with Crippen molar-refractivity contribution in [1.29, 1.82) is 0 Å². The van der Waals surface area contributed by atoms with E-state index in [1.54, 1.807) is 0 Å². The maximum atomic E-state index is 6.05. The van der Waals surface area contributed by atoms with Crippen LogP contribution in [0.15, 0.2) is 72.8 Å². The SMILES string of the molecule is SC1(OCl)c2cccc3cccc(c23)-c2nc3cc4ccccc4cc3n21. The van der Waals surface area contributed by atoms with E-state index in [1.165, 1.54) is 0 Å². The van der Waals surface area contributed by atoms with Crippen LogP contribution in [0.5, 0.6) is 0 Å². The molecule has 1 aliphatic heterocycles. The molecule has 6 rings (SSSR count). The van der Waals surface area contributed by atoms with Crippen molar-refractivity contribution in [1.82, 2.24) is 9.55 Å². The molecule has 0 amide bonds. The van der Waals surface area contributed by atoms with Gasteiger partial charge in [0.1, 0.15) is 5.82 Å². The largest absolute Gasteiger partial charge is 0.281 e. The highest BCUT2D eigenvalue weighted by molar-refractivity contribution is 7.81. The first-order valence-electron chi connectivity index (χ1n) is 8.67. The zero-order chi connectivity index (χ0) is 18.2. The minimum atomic E-state index is -1.15. The Morgan fingerprint density at radius 3 is 2.37 bits per heavy atom. The van der Waals surface area contributed by atoms with Gasteiger partial charge in [-0.15, -0.1) is 12.6 Å². The van der Waals surface area contributed by atoms with Gasteiger partial charge >= 0.3 is 0 Å². The van der Waals surface area contributed by atoms with Crippen LogP contribution in [0, 0.1) is 0 Å². The summed E-state index contributed by atoms with van der Waals surface area (Å²) in [5.74, 6) is 0.806. The lowest BCUT2D eigenvalue weighted by Crippen LogP contribution is -2.32. The molecule has 2 heterocycles. The maximum absolute atomic E-state index is 6.05. The third kappa shape index (κ3) is 1.90. The molecule has 0 radical (unpaired) electrons. The summed E-state index contributed by atoms with van der Waals surface area (Å²) < 4.78 is 7.48. The van der Waals surface area contributed by atoms with Gasteiger partial charge in [-0.2, -0.15) is 0 Å². The fourth-order valence-corrected chi connectivity index (χ4v) is 4.79. The van der Waals surface area contributed by atoms with Gasteiger partial charge in [0.2, 0.25) is 5.06 Å². The van der Waals surface area contributed by atoms with Gasteiger partial charge in [-0.1, -0.05) is 60.7 Å². The molecule has 0 N–H and O–H groups in total. The van der Waals surface area contributed by atoms with Crippen LogP contribution in [0.25, 0.3) is 44.0 Å². The predicted octanol–water partition coefficient (Wildman–Crippen LogP) is 6.08. The van der Waals surface area contributed by atoms with Gasteiger partial charge in [0.25, 0.3) is 0 Å². The molecule has 1 aliphatic rings. The molecule has 0 saturated carbocycles. The minimum absolute atomic E-state index is 0.806. The highest BCUT2D eigenvalue weighted by Gasteiger charge is 2.41. The van der Waals surface area contributed by atoms with E-state index >= 15 is 0 Å². The van der Waals surface area contributed by atoms with E-state index in [0.29, 0.717) is 0 Å². The molecule has 0 aliphatic carbocycles. The second-order valence-corrected chi connectivity index (χ2v) is 7.61. The Morgan fingerprint density at radius 1 is 0.889 bits per heavy atom. The number of imidazole rings is 1. The highest BCUT2D eigenvalue weighted by Crippen LogP contribution is 2.49. The summed E-state index contributed by atoms with van der Waals surface area (Å²) >= 11 is 11.0. The Bertz CT molecular complexity index is 1390. The van der Waals surface area contributed by atoms with Crippen LogP contribution in [-0.2, 0) is 9.35 Å². The maximum Gasteiger partial charge on any atom is 0.238 e. The first-order chi connectivity index (χ1) is 13.2. The number of nitrogens with zero attached hydrogens (tertiary/aromatic N) is 2. The Morgan fingerprint density at radius 2 is 1.59 bits per heavy atom. The number of benzene rings is 4.